The predicted molar refractivity (Wildman–Crippen MR) is 76.1 cm³/mol. The molecular weight excluding hydrogens is 244 g/mol. The lowest BCUT2D eigenvalue weighted by molar-refractivity contribution is 0.1000. The van der Waals surface area contributed by atoms with Gasteiger partial charge in [-0.3, -0.25) is 4.79 Å². The van der Waals surface area contributed by atoms with Crippen molar-refractivity contribution in [3.8, 4) is 0 Å². The number of nitrogens with one attached hydrogen (secondary N) is 1. The molecule has 0 aliphatic carbocycles. The van der Waals surface area contributed by atoms with Crippen molar-refractivity contribution in [1.29, 1.82) is 0 Å². The van der Waals surface area contributed by atoms with Crippen LogP contribution in [0, 0.1) is 13.8 Å². The predicted octanol–water partition coefficient (Wildman–Crippen LogP) is 3.08. The number of hydrogen-bond acceptors (Lipinski definition) is 3. The van der Waals surface area contributed by atoms with Crippen LogP contribution in [0.3, 0.4) is 0 Å². The Morgan fingerprint density at radius 3 is 2.72 bits per heavy atom. The highest BCUT2D eigenvalue weighted by atomic mass is 32.1. The first kappa shape index (κ1) is 12.6. The van der Waals surface area contributed by atoms with Gasteiger partial charge in [0.25, 0.3) is 0 Å². The Balaban J connectivity index is 2.17. The van der Waals surface area contributed by atoms with Gasteiger partial charge >= 0.3 is 0 Å². The summed E-state index contributed by atoms with van der Waals surface area (Å²) in [4.78, 5) is 12.6. The number of benzene rings is 1. The Morgan fingerprint density at radius 1 is 1.33 bits per heavy atom. The molecule has 0 atom stereocenters. The van der Waals surface area contributed by atoms with E-state index in [9.17, 15) is 4.79 Å². The summed E-state index contributed by atoms with van der Waals surface area (Å²) in [6, 6.07) is 7.66. The van der Waals surface area contributed by atoms with Crippen molar-refractivity contribution in [2.75, 3.05) is 5.32 Å². The number of anilines is 1. The molecule has 1 amide bonds. The highest BCUT2D eigenvalue weighted by molar-refractivity contribution is 7.10. The minimum Gasteiger partial charge on any atom is -0.380 e. The van der Waals surface area contributed by atoms with Crippen molar-refractivity contribution in [1.82, 2.24) is 0 Å². The molecule has 3 nitrogen and oxygen atoms in total. The first-order valence-electron chi connectivity index (χ1n) is 5.76. The molecule has 4 heteroatoms. The Kier molecular flexibility index (Phi) is 3.67. The van der Waals surface area contributed by atoms with Crippen LogP contribution in [0.1, 0.15) is 26.4 Å². The van der Waals surface area contributed by atoms with E-state index in [1.54, 1.807) is 17.4 Å². The zero-order chi connectivity index (χ0) is 13.1. The van der Waals surface area contributed by atoms with Gasteiger partial charge in [0.05, 0.1) is 0 Å². The highest BCUT2D eigenvalue weighted by Crippen LogP contribution is 2.21. The summed E-state index contributed by atoms with van der Waals surface area (Å²) in [5.41, 5.74) is 9.05. The summed E-state index contributed by atoms with van der Waals surface area (Å²) in [6.07, 6.45) is 0. The molecule has 1 aromatic carbocycles. The lowest BCUT2D eigenvalue weighted by atomic mass is 10.1. The number of aryl methyl sites for hydroxylation is 1. The second kappa shape index (κ2) is 5.23. The monoisotopic (exact) mass is 260 g/mol. The van der Waals surface area contributed by atoms with Crippen LogP contribution < -0.4 is 11.1 Å². The number of amides is 1. The molecule has 0 fully saturated rings. The first-order chi connectivity index (χ1) is 8.59. The fraction of sp³-hybridized carbons (Fsp3) is 0.214. The number of carbonyl (C=O) groups is 1. The average molecular weight is 260 g/mol. The summed E-state index contributed by atoms with van der Waals surface area (Å²) in [5, 5.41) is 5.44. The second-order valence-corrected chi connectivity index (χ2v) is 5.22. The Labute approximate surface area is 111 Å². The SMILES string of the molecule is Cc1ccsc1CNc1cccc(C(N)=O)c1C. The first-order valence-corrected chi connectivity index (χ1v) is 6.64. The van der Waals surface area contributed by atoms with E-state index >= 15 is 0 Å². The van der Waals surface area contributed by atoms with Crippen LogP contribution >= 0.6 is 11.3 Å². The van der Waals surface area contributed by atoms with Gasteiger partial charge in [0.15, 0.2) is 0 Å². The Morgan fingerprint density at radius 2 is 2.11 bits per heavy atom. The molecule has 1 aromatic heterocycles. The van der Waals surface area contributed by atoms with Crippen molar-refractivity contribution in [3.63, 3.8) is 0 Å². The molecule has 0 saturated carbocycles. The van der Waals surface area contributed by atoms with E-state index in [1.807, 2.05) is 19.1 Å². The van der Waals surface area contributed by atoms with Gasteiger partial charge in [-0.15, -0.1) is 11.3 Å². The van der Waals surface area contributed by atoms with Crippen LogP contribution in [0.15, 0.2) is 29.6 Å². The van der Waals surface area contributed by atoms with Crippen LogP contribution in [0.5, 0.6) is 0 Å². The van der Waals surface area contributed by atoms with Crippen molar-refractivity contribution >= 4 is 22.9 Å². The number of hydrogen-bond donors (Lipinski definition) is 2. The Bertz CT molecular complexity index is 575. The van der Waals surface area contributed by atoms with Gasteiger partial charge in [-0.2, -0.15) is 0 Å². The third-order valence-electron chi connectivity index (χ3n) is 3.01. The van der Waals surface area contributed by atoms with Gasteiger partial charge in [0.1, 0.15) is 0 Å². The van der Waals surface area contributed by atoms with Crippen molar-refractivity contribution in [3.05, 3.63) is 51.2 Å². The zero-order valence-electron chi connectivity index (χ0n) is 10.5. The molecule has 0 aliphatic rings. The maximum atomic E-state index is 11.3. The number of rotatable bonds is 4. The van der Waals surface area contributed by atoms with E-state index in [4.69, 9.17) is 5.73 Å². The minimum atomic E-state index is -0.386. The van der Waals surface area contributed by atoms with Crippen LogP contribution in [-0.4, -0.2) is 5.91 Å². The molecule has 0 unspecified atom stereocenters. The molecule has 0 aliphatic heterocycles. The molecule has 0 spiro atoms. The lowest BCUT2D eigenvalue weighted by Gasteiger charge is -2.11. The van der Waals surface area contributed by atoms with Crippen LogP contribution in [0.4, 0.5) is 5.69 Å². The smallest absolute Gasteiger partial charge is 0.249 e. The third-order valence-corrected chi connectivity index (χ3v) is 4.03. The number of carbonyl (C=O) groups excluding carboxylic acids is 1. The van der Waals surface area contributed by atoms with Gasteiger partial charge in [0, 0.05) is 22.7 Å². The van der Waals surface area contributed by atoms with Crippen LogP contribution in [0.2, 0.25) is 0 Å². The van der Waals surface area contributed by atoms with E-state index < -0.39 is 0 Å². The minimum absolute atomic E-state index is 0.386. The summed E-state index contributed by atoms with van der Waals surface area (Å²) in [7, 11) is 0. The van der Waals surface area contributed by atoms with Gasteiger partial charge in [-0.1, -0.05) is 6.07 Å². The maximum Gasteiger partial charge on any atom is 0.249 e. The van der Waals surface area contributed by atoms with E-state index in [-0.39, 0.29) is 5.91 Å². The van der Waals surface area contributed by atoms with E-state index in [2.05, 4.69) is 23.7 Å². The Hall–Kier alpha value is -1.81. The summed E-state index contributed by atoms with van der Waals surface area (Å²) in [5.74, 6) is -0.386. The molecule has 0 radical (unpaired) electrons. The van der Waals surface area contributed by atoms with Crippen LogP contribution in [-0.2, 0) is 6.54 Å². The van der Waals surface area contributed by atoms with E-state index in [1.165, 1.54) is 10.4 Å². The zero-order valence-corrected chi connectivity index (χ0v) is 11.3. The van der Waals surface area contributed by atoms with Gasteiger partial charge in [0.2, 0.25) is 5.91 Å². The molecule has 0 bridgehead atoms. The van der Waals surface area contributed by atoms with Crippen molar-refractivity contribution in [2.24, 2.45) is 5.73 Å². The largest absolute Gasteiger partial charge is 0.380 e. The molecule has 0 saturated heterocycles. The second-order valence-electron chi connectivity index (χ2n) is 4.22. The van der Waals surface area contributed by atoms with Crippen molar-refractivity contribution < 1.29 is 4.79 Å². The molecule has 18 heavy (non-hydrogen) atoms. The normalized spacial score (nSPS) is 10.3. The van der Waals surface area contributed by atoms with Gasteiger partial charge in [-0.25, -0.2) is 0 Å². The molecule has 1 heterocycles. The number of nitrogens with two attached hydrogens (primary N) is 1. The standard InChI is InChI=1S/C14H16N2OS/c1-9-6-7-18-13(9)8-16-12-5-3-4-11(10(12)2)14(15)17/h3-7,16H,8H2,1-2H3,(H2,15,17). The highest BCUT2D eigenvalue weighted by Gasteiger charge is 2.08. The number of primary amides is 1. The van der Waals surface area contributed by atoms with Gasteiger partial charge < -0.3 is 11.1 Å². The summed E-state index contributed by atoms with van der Waals surface area (Å²) in [6.45, 7) is 4.77. The third kappa shape index (κ3) is 2.54. The molecule has 3 N–H and O–H groups in total. The average Bonchev–Trinajstić information content (AvgIpc) is 2.73. The molecule has 2 rings (SSSR count). The molecule has 94 valence electrons. The van der Waals surface area contributed by atoms with E-state index in [0.717, 1.165) is 17.8 Å². The van der Waals surface area contributed by atoms with Crippen molar-refractivity contribution in [2.45, 2.75) is 20.4 Å². The fourth-order valence-corrected chi connectivity index (χ4v) is 2.70. The number of thiophene rings is 1. The summed E-state index contributed by atoms with van der Waals surface area (Å²) < 4.78 is 0. The molecule has 2 aromatic rings. The lowest BCUT2D eigenvalue weighted by Crippen LogP contribution is -2.13. The maximum absolute atomic E-state index is 11.3. The van der Waals surface area contributed by atoms with Gasteiger partial charge in [-0.05, 0) is 48.6 Å². The van der Waals surface area contributed by atoms with E-state index in [0.29, 0.717) is 5.56 Å². The fourth-order valence-electron chi connectivity index (χ4n) is 1.85. The van der Waals surface area contributed by atoms with Crippen LogP contribution in [0.25, 0.3) is 0 Å². The topological polar surface area (TPSA) is 55.1 Å². The quantitative estimate of drug-likeness (QED) is 0.887. The molecular formula is C14H16N2OS. The summed E-state index contributed by atoms with van der Waals surface area (Å²) >= 11 is 1.73.